The number of nitrogens with zero attached hydrogens (tertiary/aromatic N) is 3. The molecule has 5 heteroatoms. The first-order valence-electron chi connectivity index (χ1n) is 5.25. The maximum atomic E-state index is 6.10. The number of nitrogens with two attached hydrogens (primary N) is 1. The highest BCUT2D eigenvalue weighted by molar-refractivity contribution is 5.33. The van der Waals surface area contributed by atoms with Gasteiger partial charge in [0.1, 0.15) is 11.4 Å². The Hall–Kier alpha value is -2.01. The number of rotatable bonds is 3. The molecular weight excluding hydrogens is 216 g/mol. The van der Waals surface area contributed by atoms with Gasteiger partial charge in [-0.15, -0.1) is 0 Å². The molecule has 1 unspecified atom stereocenters. The van der Waals surface area contributed by atoms with E-state index < -0.39 is 6.04 Å². The Balaban J connectivity index is 2.36. The lowest BCUT2D eigenvalue weighted by atomic mass is 10.1. The standard InChI is InChI=1S/C12H14N4O/c1-8-6-16-9(7-15-8)11(13)12-10(17-2)4-3-5-14-12/h3-7,11H,13H2,1-2H3. The normalized spacial score (nSPS) is 12.2. The minimum Gasteiger partial charge on any atom is -0.495 e. The lowest BCUT2D eigenvalue weighted by Gasteiger charge is -2.13. The van der Waals surface area contributed by atoms with Crippen molar-refractivity contribution in [2.75, 3.05) is 7.11 Å². The highest BCUT2D eigenvalue weighted by Gasteiger charge is 2.16. The molecule has 2 aromatic heterocycles. The quantitative estimate of drug-likeness (QED) is 0.858. The van der Waals surface area contributed by atoms with E-state index in [0.717, 1.165) is 5.69 Å². The Morgan fingerprint density at radius 2 is 2.06 bits per heavy atom. The van der Waals surface area contributed by atoms with Crippen molar-refractivity contribution < 1.29 is 4.74 Å². The van der Waals surface area contributed by atoms with E-state index in [4.69, 9.17) is 10.5 Å². The molecule has 0 saturated carbocycles. The molecule has 0 radical (unpaired) electrons. The topological polar surface area (TPSA) is 73.9 Å². The molecule has 2 aromatic rings. The van der Waals surface area contributed by atoms with E-state index in [1.165, 1.54) is 0 Å². The Morgan fingerprint density at radius 1 is 1.24 bits per heavy atom. The van der Waals surface area contributed by atoms with Crippen molar-refractivity contribution in [3.63, 3.8) is 0 Å². The van der Waals surface area contributed by atoms with Gasteiger partial charge in [-0.1, -0.05) is 0 Å². The number of hydrogen-bond donors (Lipinski definition) is 1. The molecule has 0 aliphatic carbocycles. The molecule has 0 saturated heterocycles. The average Bonchev–Trinajstić information content (AvgIpc) is 2.39. The van der Waals surface area contributed by atoms with Crippen molar-refractivity contribution in [1.82, 2.24) is 15.0 Å². The number of pyridine rings is 1. The smallest absolute Gasteiger partial charge is 0.142 e. The van der Waals surface area contributed by atoms with Crippen LogP contribution in [-0.2, 0) is 0 Å². The summed E-state index contributed by atoms with van der Waals surface area (Å²) in [5, 5.41) is 0. The number of aromatic nitrogens is 3. The van der Waals surface area contributed by atoms with E-state index in [1.807, 2.05) is 13.0 Å². The molecule has 17 heavy (non-hydrogen) atoms. The number of ether oxygens (including phenoxy) is 1. The molecule has 0 aromatic carbocycles. The summed E-state index contributed by atoms with van der Waals surface area (Å²) in [6.45, 7) is 1.88. The van der Waals surface area contributed by atoms with Gasteiger partial charge in [0, 0.05) is 12.4 Å². The first-order valence-corrected chi connectivity index (χ1v) is 5.25. The summed E-state index contributed by atoms with van der Waals surface area (Å²) >= 11 is 0. The van der Waals surface area contributed by atoms with E-state index in [2.05, 4.69) is 15.0 Å². The summed E-state index contributed by atoms with van der Waals surface area (Å²) in [5.74, 6) is 0.655. The first-order chi connectivity index (χ1) is 8.22. The Bertz CT molecular complexity index is 498. The SMILES string of the molecule is COc1cccnc1C(N)c1cnc(C)cn1. The van der Waals surface area contributed by atoms with Crippen molar-refractivity contribution in [3.8, 4) is 5.75 Å². The number of aryl methyl sites for hydroxylation is 1. The van der Waals surface area contributed by atoms with Crippen LogP contribution in [0.15, 0.2) is 30.7 Å². The molecule has 0 amide bonds. The highest BCUT2D eigenvalue weighted by Crippen LogP contribution is 2.24. The summed E-state index contributed by atoms with van der Waals surface area (Å²) in [5.41, 5.74) is 8.29. The lowest BCUT2D eigenvalue weighted by Crippen LogP contribution is -2.16. The summed E-state index contributed by atoms with van der Waals surface area (Å²) in [6.07, 6.45) is 5.03. The van der Waals surface area contributed by atoms with Gasteiger partial charge < -0.3 is 10.5 Å². The van der Waals surface area contributed by atoms with E-state index in [-0.39, 0.29) is 0 Å². The summed E-state index contributed by atoms with van der Waals surface area (Å²) in [7, 11) is 1.59. The number of methoxy groups -OCH3 is 1. The van der Waals surface area contributed by atoms with Crippen LogP contribution < -0.4 is 10.5 Å². The maximum Gasteiger partial charge on any atom is 0.142 e. The van der Waals surface area contributed by atoms with E-state index in [9.17, 15) is 0 Å². The fourth-order valence-corrected chi connectivity index (χ4v) is 1.51. The first kappa shape index (κ1) is 11.5. The molecule has 1 atom stereocenters. The molecule has 0 bridgehead atoms. The molecule has 2 heterocycles. The van der Waals surface area contributed by atoms with Crippen LogP contribution in [0.1, 0.15) is 23.1 Å². The third-order valence-corrected chi connectivity index (χ3v) is 2.43. The molecule has 2 N–H and O–H groups in total. The number of hydrogen-bond acceptors (Lipinski definition) is 5. The van der Waals surface area contributed by atoms with Crippen LogP contribution >= 0.6 is 0 Å². The van der Waals surface area contributed by atoms with Crippen LogP contribution in [0.2, 0.25) is 0 Å². The Labute approximate surface area is 99.7 Å². The summed E-state index contributed by atoms with van der Waals surface area (Å²) in [6, 6.07) is 3.19. The van der Waals surface area contributed by atoms with Gasteiger partial charge in [-0.3, -0.25) is 15.0 Å². The minimum atomic E-state index is -0.431. The highest BCUT2D eigenvalue weighted by atomic mass is 16.5. The summed E-state index contributed by atoms with van der Waals surface area (Å²) < 4.78 is 5.22. The Morgan fingerprint density at radius 3 is 2.71 bits per heavy atom. The molecule has 5 nitrogen and oxygen atoms in total. The average molecular weight is 230 g/mol. The van der Waals surface area contributed by atoms with Gasteiger partial charge in [-0.05, 0) is 19.1 Å². The zero-order chi connectivity index (χ0) is 12.3. The third-order valence-electron chi connectivity index (χ3n) is 2.43. The molecule has 0 spiro atoms. The second-order valence-corrected chi connectivity index (χ2v) is 3.65. The molecule has 0 fully saturated rings. The van der Waals surface area contributed by atoms with Crippen molar-refractivity contribution in [2.24, 2.45) is 5.73 Å². The van der Waals surface area contributed by atoms with E-state index in [1.54, 1.807) is 31.8 Å². The van der Waals surface area contributed by atoms with Gasteiger partial charge in [0.2, 0.25) is 0 Å². The maximum absolute atomic E-state index is 6.10. The second-order valence-electron chi connectivity index (χ2n) is 3.65. The van der Waals surface area contributed by atoms with Gasteiger partial charge in [0.05, 0.1) is 30.7 Å². The lowest BCUT2D eigenvalue weighted by molar-refractivity contribution is 0.404. The zero-order valence-electron chi connectivity index (χ0n) is 9.79. The van der Waals surface area contributed by atoms with Gasteiger partial charge in [-0.2, -0.15) is 0 Å². The minimum absolute atomic E-state index is 0.431. The van der Waals surface area contributed by atoms with E-state index >= 15 is 0 Å². The molecule has 0 aliphatic rings. The van der Waals surface area contributed by atoms with Gasteiger partial charge in [-0.25, -0.2) is 0 Å². The van der Waals surface area contributed by atoms with Gasteiger partial charge in [0.25, 0.3) is 0 Å². The molecule has 0 aliphatic heterocycles. The van der Waals surface area contributed by atoms with Crippen LogP contribution in [0.4, 0.5) is 0 Å². The third kappa shape index (κ3) is 2.39. The fraction of sp³-hybridized carbons (Fsp3) is 0.250. The predicted octanol–water partition coefficient (Wildman–Crippen LogP) is 1.24. The van der Waals surface area contributed by atoms with Crippen LogP contribution in [0.25, 0.3) is 0 Å². The van der Waals surface area contributed by atoms with Crippen molar-refractivity contribution in [1.29, 1.82) is 0 Å². The van der Waals surface area contributed by atoms with Crippen LogP contribution in [0, 0.1) is 6.92 Å². The largest absolute Gasteiger partial charge is 0.495 e. The fourth-order valence-electron chi connectivity index (χ4n) is 1.51. The van der Waals surface area contributed by atoms with Crippen LogP contribution in [0.5, 0.6) is 5.75 Å². The molecular formula is C12H14N4O. The molecule has 88 valence electrons. The second kappa shape index (κ2) is 4.88. The van der Waals surface area contributed by atoms with Gasteiger partial charge >= 0.3 is 0 Å². The van der Waals surface area contributed by atoms with Crippen molar-refractivity contribution in [2.45, 2.75) is 13.0 Å². The van der Waals surface area contributed by atoms with Crippen molar-refractivity contribution >= 4 is 0 Å². The van der Waals surface area contributed by atoms with Gasteiger partial charge in [0.15, 0.2) is 0 Å². The van der Waals surface area contributed by atoms with Crippen LogP contribution in [0.3, 0.4) is 0 Å². The molecule has 2 rings (SSSR count). The van der Waals surface area contributed by atoms with Crippen molar-refractivity contribution in [3.05, 3.63) is 47.8 Å². The summed E-state index contributed by atoms with van der Waals surface area (Å²) in [4.78, 5) is 12.6. The Kier molecular flexibility index (Phi) is 3.30. The van der Waals surface area contributed by atoms with Crippen LogP contribution in [-0.4, -0.2) is 22.1 Å². The monoisotopic (exact) mass is 230 g/mol. The zero-order valence-corrected chi connectivity index (χ0v) is 9.79. The van der Waals surface area contributed by atoms with E-state index in [0.29, 0.717) is 17.1 Å². The predicted molar refractivity (Wildman–Crippen MR) is 63.6 cm³/mol.